The highest BCUT2D eigenvalue weighted by Crippen LogP contribution is 2.15. The number of rotatable bonds is 6. The number of anilines is 2. The molecule has 0 aromatic heterocycles. The Balaban J connectivity index is 0.00000242. The summed E-state index contributed by atoms with van der Waals surface area (Å²) in [6.45, 7) is 3.19. The molecule has 2 amide bonds. The quantitative estimate of drug-likeness (QED) is 0.744. The molecule has 1 aromatic carbocycles. The average Bonchev–Trinajstić information content (AvgIpc) is 2.91. The van der Waals surface area contributed by atoms with Crippen molar-refractivity contribution in [2.45, 2.75) is 25.9 Å². The molecule has 7 heteroatoms. The van der Waals surface area contributed by atoms with Gasteiger partial charge in [0.25, 0.3) is 0 Å². The summed E-state index contributed by atoms with van der Waals surface area (Å²) in [7, 11) is 0. The maximum absolute atomic E-state index is 11.8. The number of amides is 2. The first kappa shape index (κ1) is 18.4. The van der Waals surface area contributed by atoms with Crippen LogP contribution in [0.3, 0.4) is 0 Å². The van der Waals surface area contributed by atoms with Gasteiger partial charge in [-0.25, -0.2) is 0 Å². The minimum Gasteiger partial charge on any atom is -0.377 e. The second-order valence-electron chi connectivity index (χ2n) is 5.08. The Hall–Kier alpha value is -1.63. The molecule has 1 aromatic rings. The molecule has 1 aliphatic heterocycles. The molecule has 1 unspecified atom stereocenters. The van der Waals surface area contributed by atoms with Gasteiger partial charge in [-0.15, -0.1) is 12.4 Å². The minimum absolute atomic E-state index is 0. The number of nitrogens with one attached hydrogen (secondary N) is 3. The van der Waals surface area contributed by atoms with Crippen LogP contribution < -0.4 is 16.0 Å². The van der Waals surface area contributed by atoms with Crippen molar-refractivity contribution in [3.05, 3.63) is 24.3 Å². The summed E-state index contributed by atoms with van der Waals surface area (Å²) in [5.74, 6) is -0.260. The van der Waals surface area contributed by atoms with Gasteiger partial charge in [-0.1, -0.05) is 6.07 Å². The summed E-state index contributed by atoms with van der Waals surface area (Å²) in [4.78, 5) is 22.8. The van der Waals surface area contributed by atoms with Gasteiger partial charge in [0.05, 0.1) is 12.6 Å². The van der Waals surface area contributed by atoms with Gasteiger partial charge in [0.1, 0.15) is 0 Å². The summed E-state index contributed by atoms with van der Waals surface area (Å²) in [6.07, 6.45) is 2.36. The van der Waals surface area contributed by atoms with Crippen LogP contribution in [0.1, 0.15) is 19.8 Å². The second kappa shape index (κ2) is 9.40. The Morgan fingerprint density at radius 3 is 2.64 bits per heavy atom. The third-order valence-corrected chi connectivity index (χ3v) is 3.15. The summed E-state index contributed by atoms with van der Waals surface area (Å²) in [5.41, 5.74) is 1.32. The van der Waals surface area contributed by atoms with Gasteiger partial charge in [-0.05, 0) is 31.0 Å². The van der Waals surface area contributed by atoms with E-state index in [9.17, 15) is 9.59 Å². The minimum atomic E-state index is -0.142. The first-order chi connectivity index (χ1) is 10.1. The molecular formula is C15H22ClN3O3. The molecular weight excluding hydrogens is 306 g/mol. The molecule has 0 saturated carbocycles. The van der Waals surface area contributed by atoms with Crippen LogP contribution in [0.2, 0.25) is 0 Å². The predicted molar refractivity (Wildman–Crippen MR) is 88.5 cm³/mol. The van der Waals surface area contributed by atoms with E-state index in [1.165, 1.54) is 6.92 Å². The Morgan fingerprint density at radius 2 is 2.00 bits per heavy atom. The molecule has 22 heavy (non-hydrogen) atoms. The van der Waals surface area contributed by atoms with Gasteiger partial charge in [0.2, 0.25) is 11.8 Å². The topological polar surface area (TPSA) is 79.5 Å². The molecule has 1 saturated heterocycles. The highest BCUT2D eigenvalue weighted by atomic mass is 35.5. The Kier molecular flexibility index (Phi) is 7.87. The zero-order valence-electron chi connectivity index (χ0n) is 12.6. The van der Waals surface area contributed by atoms with Crippen LogP contribution in [0.4, 0.5) is 11.4 Å². The molecule has 0 aliphatic carbocycles. The lowest BCUT2D eigenvalue weighted by molar-refractivity contribution is -0.115. The fourth-order valence-corrected chi connectivity index (χ4v) is 2.24. The van der Waals surface area contributed by atoms with Crippen molar-refractivity contribution in [2.24, 2.45) is 0 Å². The Morgan fingerprint density at radius 1 is 1.27 bits per heavy atom. The summed E-state index contributed by atoms with van der Waals surface area (Å²) < 4.78 is 5.47. The number of carbonyl (C=O) groups is 2. The van der Waals surface area contributed by atoms with Crippen LogP contribution in [-0.2, 0) is 14.3 Å². The van der Waals surface area contributed by atoms with Crippen molar-refractivity contribution in [1.29, 1.82) is 0 Å². The van der Waals surface area contributed by atoms with Crippen molar-refractivity contribution in [1.82, 2.24) is 5.32 Å². The molecule has 2 rings (SSSR count). The lowest BCUT2D eigenvalue weighted by atomic mass is 10.2. The van der Waals surface area contributed by atoms with Gasteiger partial charge in [-0.2, -0.15) is 0 Å². The average molecular weight is 328 g/mol. The number of halogens is 1. The maximum Gasteiger partial charge on any atom is 0.238 e. The van der Waals surface area contributed by atoms with E-state index in [0.29, 0.717) is 17.9 Å². The summed E-state index contributed by atoms with van der Waals surface area (Å²) in [6, 6.07) is 7.05. The van der Waals surface area contributed by atoms with Crippen LogP contribution in [-0.4, -0.2) is 37.6 Å². The van der Waals surface area contributed by atoms with Crippen LogP contribution in [0.15, 0.2) is 24.3 Å². The molecule has 1 heterocycles. The molecule has 0 radical (unpaired) electrons. The van der Waals surface area contributed by atoms with E-state index in [1.54, 1.807) is 24.3 Å². The van der Waals surface area contributed by atoms with E-state index in [0.717, 1.165) is 19.4 Å². The zero-order chi connectivity index (χ0) is 15.1. The van der Waals surface area contributed by atoms with Gasteiger partial charge < -0.3 is 20.7 Å². The van der Waals surface area contributed by atoms with E-state index in [-0.39, 0.29) is 36.9 Å². The molecule has 0 spiro atoms. The molecule has 1 atom stereocenters. The molecule has 6 nitrogen and oxygen atoms in total. The highest BCUT2D eigenvalue weighted by Gasteiger charge is 2.15. The van der Waals surface area contributed by atoms with Gasteiger partial charge in [0.15, 0.2) is 0 Å². The van der Waals surface area contributed by atoms with Crippen molar-refractivity contribution in [2.75, 3.05) is 30.3 Å². The third kappa shape index (κ3) is 6.43. The molecule has 1 fully saturated rings. The fraction of sp³-hybridized carbons (Fsp3) is 0.467. The van der Waals surface area contributed by atoms with E-state index >= 15 is 0 Å². The Bertz CT molecular complexity index is 505. The first-order valence-corrected chi connectivity index (χ1v) is 7.13. The van der Waals surface area contributed by atoms with Crippen molar-refractivity contribution >= 4 is 35.6 Å². The van der Waals surface area contributed by atoms with Crippen molar-refractivity contribution < 1.29 is 14.3 Å². The number of carbonyl (C=O) groups excluding carboxylic acids is 2. The largest absolute Gasteiger partial charge is 0.377 e. The molecule has 3 N–H and O–H groups in total. The van der Waals surface area contributed by atoms with E-state index < -0.39 is 0 Å². The SMILES string of the molecule is CC(=O)Nc1cccc(NC(=O)CNCC2CCCO2)c1.Cl. The van der Waals surface area contributed by atoms with Crippen LogP contribution in [0.5, 0.6) is 0 Å². The van der Waals surface area contributed by atoms with Crippen molar-refractivity contribution in [3.63, 3.8) is 0 Å². The number of hydrogen-bond acceptors (Lipinski definition) is 4. The van der Waals surface area contributed by atoms with Crippen LogP contribution in [0, 0.1) is 0 Å². The number of ether oxygens (including phenoxy) is 1. The molecule has 1 aliphatic rings. The van der Waals surface area contributed by atoms with Crippen LogP contribution in [0.25, 0.3) is 0 Å². The van der Waals surface area contributed by atoms with E-state index in [4.69, 9.17) is 4.74 Å². The summed E-state index contributed by atoms with van der Waals surface area (Å²) >= 11 is 0. The van der Waals surface area contributed by atoms with Gasteiger partial charge in [-0.3, -0.25) is 9.59 Å². The Labute approximate surface area is 136 Å². The monoisotopic (exact) mass is 327 g/mol. The van der Waals surface area contributed by atoms with Gasteiger partial charge in [0, 0.05) is 31.5 Å². The van der Waals surface area contributed by atoms with E-state index in [1.807, 2.05) is 0 Å². The second-order valence-corrected chi connectivity index (χ2v) is 5.08. The first-order valence-electron chi connectivity index (χ1n) is 7.13. The highest BCUT2D eigenvalue weighted by molar-refractivity contribution is 5.94. The van der Waals surface area contributed by atoms with Crippen molar-refractivity contribution in [3.8, 4) is 0 Å². The number of hydrogen-bond donors (Lipinski definition) is 3. The number of benzene rings is 1. The lowest BCUT2D eigenvalue weighted by Crippen LogP contribution is -2.33. The normalized spacial score (nSPS) is 16.7. The maximum atomic E-state index is 11.8. The third-order valence-electron chi connectivity index (χ3n) is 3.15. The fourth-order valence-electron chi connectivity index (χ4n) is 2.24. The smallest absolute Gasteiger partial charge is 0.238 e. The van der Waals surface area contributed by atoms with E-state index in [2.05, 4.69) is 16.0 Å². The zero-order valence-corrected chi connectivity index (χ0v) is 13.4. The van der Waals surface area contributed by atoms with Gasteiger partial charge >= 0.3 is 0 Å². The lowest BCUT2D eigenvalue weighted by Gasteiger charge is -2.11. The predicted octanol–water partition coefficient (Wildman–Crippen LogP) is 1.77. The molecule has 122 valence electrons. The van der Waals surface area contributed by atoms with Crippen LogP contribution >= 0.6 is 12.4 Å². The standard InChI is InChI=1S/C15H21N3O3.ClH/c1-11(19)17-12-4-2-5-13(8-12)18-15(20)10-16-9-14-6-3-7-21-14;/h2,4-5,8,14,16H,3,6-7,9-10H2,1H3,(H,17,19)(H,18,20);1H. The summed E-state index contributed by atoms with van der Waals surface area (Å²) in [5, 5.41) is 8.55. The molecule has 0 bridgehead atoms.